The number of hydrazone groups is 1. The fraction of sp³-hybridized carbons (Fsp3) is 0.0323. The summed E-state index contributed by atoms with van der Waals surface area (Å²) < 4.78 is 0. The molecule has 192 valence electrons. The summed E-state index contributed by atoms with van der Waals surface area (Å²) in [4.78, 5) is 30.4. The second-order valence-corrected chi connectivity index (χ2v) is 9.58. The molecule has 0 bridgehead atoms. The van der Waals surface area contributed by atoms with E-state index in [0.29, 0.717) is 49.2 Å². The van der Waals surface area contributed by atoms with Crippen molar-refractivity contribution in [3.63, 3.8) is 0 Å². The molecule has 8 heteroatoms. The van der Waals surface area contributed by atoms with Gasteiger partial charge < -0.3 is 5.32 Å². The third kappa shape index (κ3) is 5.98. The zero-order valence-corrected chi connectivity index (χ0v) is 22.3. The largest absolute Gasteiger partial charge is 0.322 e. The molecular formula is C31H22Cl2N4O2. The number of anilines is 1. The minimum atomic E-state index is -0.383. The average molecular weight is 553 g/mol. The molecule has 5 rings (SSSR count). The number of nitrogens with one attached hydrogen (secondary N) is 2. The number of pyridine rings is 1. The lowest BCUT2D eigenvalue weighted by atomic mass is 10.0. The second kappa shape index (κ2) is 11.5. The number of rotatable bonds is 6. The highest BCUT2D eigenvalue weighted by Gasteiger charge is 2.16. The number of hydrogen-bond acceptors (Lipinski definition) is 4. The van der Waals surface area contributed by atoms with E-state index in [9.17, 15) is 9.59 Å². The van der Waals surface area contributed by atoms with E-state index in [1.807, 2.05) is 48.5 Å². The van der Waals surface area contributed by atoms with Crippen LogP contribution in [0, 0.1) is 0 Å². The Balaban J connectivity index is 1.35. The molecule has 0 saturated heterocycles. The molecular weight excluding hydrogens is 531 g/mol. The fourth-order valence-corrected chi connectivity index (χ4v) is 4.45. The zero-order valence-electron chi connectivity index (χ0n) is 20.8. The third-order valence-corrected chi connectivity index (χ3v) is 6.62. The van der Waals surface area contributed by atoms with E-state index in [-0.39, 0.29) is 11.8 Å². The highest BCUT2D eigenvalue weighted by Crippen LogP contribution is 2.29. The van der Waals surface area contributed by atoms with Gasteiger partial charge in [0.1, 0.15) is 0 Å². The van der Waals surface area contributed by atoms with Gasteiger partial charge in [0.2, 0.25) is 0 Å². The summed E-state index contributed by atoms with van der Waals surface area (Å²) >= 11 is 12.4. The Labute approximate surface area is 235 Å². The number of carbonyl (C=O) groups is 2. The number of benzene rings is 4. The maximum absolute atomic E-state index is 13.3. The first-order valence-corrected chi connectivity index (χ1v) is 12.8. The van der Waals surface area contributed by atoms with Gasteiger partial charge in [-0.15, -0.1) is 0 Å². The first kappa shape index (κ1) is 26.1. The zero-order chi connectivity index (χ0) is 27.4. The molecule has 0 aliphatic heterocycles. The monoisotopic (exact) mass is 552 g/mol. The van der Waals surface area contributed by atoms with E-state index in [4.69, 9.17) is 28.2 Å². The molecule has 0 aliphatic carbocycles. The van der Waals surface area contributed by atoms with Crippen LogP contribution in [0.3, 0.4) is 0 Å². The molecule has 0 radical (unpaired) electrons. The standard InChI is InChI=1S/C31H22Cl2N4O2/c1-19(20-13-15-24(16-14-20)34-30(38)22-9-5-10-23(32)17-22)36-37-31(39)26-18-28(21-7-3-2-4-8-21)35-29-25(26)11-6-12-27(29)33/h2-18H,1H3,(H,34,38)(H,37,39)/b36-19+. The predicted molar refractivity (Wildman–Crippen MR) is 158 cm³/mol. The number of carbonyl (C=O) groups excluding carboxylic acids is 2. The summed E-state index contributed by atoms with van der Waals surface area (Å²) in [5.41, 5.74) is 7.58. The lowest BCUT2D eigenvalue weighted by molar-refractivity contribution is 0.0955. The Morgan fingerprint density at radius 2 is 1.51 bits per heavy atom. The molecule has 1 heterocycles. The lowest BCUT2D eigenvalue weighted by Crippen LogP contribution is -2.20. The van der Waals surface area contributed by atoms with Crippen molar-refractivity contribution in [3.05, 3.63) is 130 Å². The molecule has 2 amide bonds. The van der Waals surface area contributed by atoms with Gasteiger partial charge in [0.15, 0.2) is 0 Å². The summed E-state index contributed by atoms with van der Waals surface area (Å²) in [5, 5.41) is 8.73. The quantitative estimate of drug-likeness (QED) is 0.168. The Hall–Kier alpha value is -4.52. The van der Waals surface area contributed by atoms with E-state index in [1.54, 1.807) is 61.5 Å². The van der Waals surface area contributed by atoms with Crippen LogP contribution in [-0.2, 0) is 0 Å². The van der Waals surface area contributed by atoms with Crippen LogP contribution in [0.4, 0.5) is 5.69 Å². The van der Waals surface area contributed by atoms with Crippen molar-refractivity contribution < 1.29 is 9.59 Å². The maximum atomic E-state index is 13.3. The van der Waals surface area contributed by atoms with E-state index in [0.717, 1.165) is 11.1 Å². The number of aromatic nitrogens is 1. The topological polar surface area (TPSA) is 83.4 Å². The van der Waals surface area contributed by atoms with Gasteiger partial charge in [0, 0.05) is 27.2 Å². The van der Waals surface area contributed by atoms with Crippen LogP contribution >= 0.6 is 23.2 Å². The first-order chi connectivity index (χ1) is 18.9. The molecule has 0 atom stereocenters. The van der Waals surface area contributed by atoms with E-state index < -0.39 is 0 Å². The normalized spacial score (nSPS) is 11.3. The molecule has 4 aromatic carbocycles. The van der Waals surface area contributed by atoms with Crippen LogP contribution in [0.15, 0.2) is 108 Å². The van der Waals surface area contributed by atoms with Crippen molar-refractivity contribution >= 4 is 57.3 Å². The van der Waals surface area contributed by atoms with Crippen molar-refractivity contribution in [1.82, 2.24) is 10.4 Å². The first-order valence-electron chi connectivity index (χ1n) is 12.1. The Morgan fingerprint density at radius 3 is 2.26 bits per heavy atom. The van der Waals surface area contributed by atoms with Gasteiger partial charge >= 0.3 is 0 Å². The van der Waals surface area contributed by atoms with Gasteiger partial charge in [-0.05, 0) is 55.0 Å². The summed E-state index contributed by atoms with van der Waals surface area (Å²) in [5.74, 6) is -0.644. The summed E-state index contributed by atoms with van der Waals surface area (Å²) in [6.45, 7) is 1.79. The SMILES string of the molecule is C/C(=N\NC(=O)c1cc(-c2ccccc2)nc2c(Cl)cccc12)c1ccc(NC(=O)c2cccc(Cl)c2)cc1. The van der Waals surface area contributed by atoms with Crippen LogP contribution in [0.25, 0.3) is 22.2 Å². The molecule has 0 unspecified atom stereocenters. The maximum Gasteiger partial charge on any atom is 0.272 e. The molecule has 0 saturated carbocycles. The average Bonchev–Trinajstić information content (AvgIpc) is 2.96. The van der Waals surface area contributed by atoms with Crippen molar-refractivity contribution in [3.8, 4) is 11.3 Å². The number of hydrogen-bond donors (Lipinski definition) is 2. The van der Waals surface area contributed by atoms with Crippen LogP contribution in [0.1, 0.15) is 33.2 Å². The van der Waals surface area contributed by atoms with Gasteiger partial charge in [0.05, 0.1) is 27.5 Å². The molecule has 2 N–H and O–H groups in total. The summed E-state index contributed by atoms with van der Waals surface area (Å²) in [6.07, 6.45) is 0. The van der Waals surface area contributed by atoms with Crippen molar-refractivity contribution in [2.24, 2.45) is 5.10 Å². The molecule has 5 aromatic rings. The van der Waals surface area contributed by atoms with Crippen molar-refractivity contribution in [1.29, 1.82) is 0 Å². The highest BCUT2D eigenvalue weighted by molar-refractivity contribution is 6.35. The second-order valence-electron chi connectivity index (χ2n) is 8.74. The minimum absolute atomic E-state index is 0.262. The van der Waals surface area contributed by atoms with E-state index >= 15 is 0 Å². The smallest absolute Gasteiger partial charge is 0.272 e. The van der Waals surface area contributed by atoms with Crippen LogP contribution in [0.2, 0.25) is 10.0 Å². The minimum Gasteiger partial charge on any atom is -0.322 e. The molecule has 1 aromatic heterocycles. The van der Waals surface area contributed by atoms with E-state index in [2.05, 4.69) is 15.8 Å². The Morgan fingerprint density at radius 1 is 0.769 bits per heavy atom. The number of nitrogens with zero attached hydrogens (tertiary/aromatic N) is 2. The number of halogens is 2. The number of para-hydroxylation sites is 1. The Kier molecular flexibility index (Phi) is 7.68. The molecule has 39 heavy (non-hydrogen) atoms. The Bertz CT molecular complexity index is 1720. The number of fused-ring (bicyclic) bond motifs is 1. The fourth-order valence-electron chi connectivity index (χ4n) is 4.05. The van der Waals surface area contributed by atoms with Crippen molar-refractivity contribution in [2.75, 3.05) is 5.32 Å². The summed E-state index contributed by atoms with van der Waals surface area (Å²) in [7, 11) is 0. The van der Waals surface area contributed by atoms with Crippen LogP contribution in [0.5, 0.6) is 0 Å². The van der Waals surface area contributed by atoms with Gasteiger partial charge in [-0.1, -0.05) is 83.9 Å². The third-order valence-electron chi connectivity index (χ3n) is 6.08. The van der Waals surface area contributed by atoms with Crippen molar-refractivity contribution in [2.45, 2.75) is 6.92 Å². The highest BCUT2D eigenvalue weighted by atomic mass is 35.5. The van der Waals surface area contributed by atoms with Crippen LogP contribution in [-0.4, -0.2) is 22.5 Å². The van der Waals surface area contributed by atoms with Gasteiger partial charge in [0.25, 0.3) is 11.8 Å². The molecule has 0 spiro atoms. The van der Waals surface area contributed by atoms with E-state index in [1.165, 1.54) is 0 Å². The molecule has 6 nitrogen and oxygen atoms in total. The van der Waals surface area contributed by atoms with Crippen LogP contribution < -0.4 is 10.7 Å². The van der Waals surface area contributed by atoms with Gasteiger partial charge in [-0.3, -0.25) is 9.59 Å². The molecule has 0 fully saturated rings. The van der Waals surface area contributed by atoms with Gasteiger partial charge in [-0.2, -0.15) is 5.10 Å². The van der Waals surface area contributed by atoms with Gasteiger partial charge in [-0.25, -0.2) is 10.4 Å². The predicted octanol–water partition coefficient (Wildman–Crippen LogP) is 7.61. The number of amides is 2. The summed E-state index contributed by atoms with van der Waals surface area (Å²) in [6, 6.07) is 30.6. The molecule has 0 aliphatic rings. The lowest BCUT2D eigenvalue weighted by Gasteiger charge is -2.11.